The third kappa shape index (κ3) is 5.99. The van der Waals surface area contributed by atoms with Gasteiger partial charge in [-0.3, -0.25) is 20.4 Å². The Morgan fingerprint density at radius 1 is 1.06 bits per heavy atom. The first-order valence-electron chi connectivity index (χ1n) is 10.2. The van der Waals surface area contributed by atoms with E-state index in [0.717, 1.165) is 15.7 Å². The molecule has 9 heteroatoms. The van der Waals surface area contributed by atoms with Crippen LogP contribution in [0.1, 0.15) is 12.0 Å². The van der Waals surface area contributed by atoms with Crippen LogP contribution in [0.5, 0.6) is 5.75 Å². The van der Waals surface area contributed by atoms with Crippen LogP contribution in [0.25, 0.3) is 0 Å². The summed E-state index contributed by atoms with van der Waals surface area (Å²) in [7, 11) is 0. The maximum Gasteiger partial charge on any atom is 0.243 e. The van der Waals surface area contributed by atoms with Crippen LogP contribution in [-0.2, 0) is 16.2 Å². The molecule has 1 aliphatic heterocycles. The molecule has 1 aliphatic rings. The van der Waals surface area contributed by atoms with Crippen LogP contribution in [0.15, 0.2) is 71.2 Å². The van der Waals surface area contributed by atoms with Crippen LogP contribution in [0.4, 0.5) is 11.4 Å². The summed E-state index contributed by atoms with van der Waals surface area (Å²) in [6.45, 7) is 0.656. The summed E-state index contributed by atoms with van der Waals surface area (Å²) in [4.78, 5) is 26.7. The van der Waals surface area contributed by atoms with E-state index in [4.69, 9.17) is 27.9 Å². The van der Waals surface area contributed by atoms with Gasteiger partial charge in [-0.2, -0.15) is 0 Å². The molecular weight excluding hydrogens is 529 g/mol. The molecule has 2 N–H and O–H groups in total. The minimum absolute atomic E-state index is 0.0739. The summed E-state index contributed by atoms with van der Waals surface area (Å²) < 4.78 is 6.74. The fraction of sp³-hybridized carbons (Fsp3) is 0.167. The average molecular weight is 549 g/mol. The van der Waals surface area contributed by atoms with Gasteiger partial charge >= 0.3 is 0 Å². The second-order valence-electron chi connectivity index (χ2n) is 7.56. The van der Waals surface area contributed by atoms with Crippen molar-refractivity contribution >= 4 is 62.3 Å². The quantitative estimate of drug-likeness (QED) is 0.364. The highest BCUT2D eigenvalue weighted by molar-refractivity contribution is 9.10. The summed E-state index contributed by atoms with van der Waals surface area (Å²) in [5, 5.41) is 0.964. The normalized spacial score (nSPS) is 15.4. The van der Waals surface area contributed by atoms with E-state index in [2.05, 4.69) is 26.8 Å². The van der Waals surface area contributed by atoms with E-state index < -0.39 is 5.92 Å². The van der Waals surface area contributed by atoms with Crippen molar-refractivity contribution in [3.05, 3.63) is 86.8 Å². The molecular formula is C24H20BrCl2N3O3. The number of hydrogen-bond donors (Lipinski definition) is 2. The summed E-state index contributed by atoms with van der Waals surface area (Å²) in [6, 6.07) is 20.0. The van der Waals surface area contributed by atoms with Gasteiger partial charge in [0.25, 0.3) is 0 Å². The third-order valence-electron chi connectivity index (χ3n) is 5.19. The number of nitrogens with one attached hydrogen (secondary N) is 2. The molecule has 1 saturated heterocycles. The third-order valence-corrected chi connectivity index (χ3v) is 6.46. The van der Waals surface area contributed by atoms with Gasteiger partial charge in [0.2, 0.25) is 11.8 Å². The van der Waals surface area contributed by atoms with Gasteiger partial charge in [0.15, 0.2) is 0 Å². The molecule has 6 nitrogen and oxygen atoms in total. The average Bonchev–Trinajstić information content (AvgIpc) is 3.21. The topological polar surface area (TPSA) is 70.7 Å². The van der Waals surface area contributed by atoms with Crippen molar-refractivity contribution in [2.75, 3.05) is 16.9 Å². The molecule has 0 aliphatic carbocycles. The van der Waals surface area contributed by atoms with Crippen LogP contribution in [0, 0.1) is 5.92 Å². The van der Waals surface area contributed by atoms with Crippen molar-refractivity contribution in [3.63, 3.8) is 0 Å². The zero-order chi connectivity index (χ0) is 23.4. The first-order valence-corrected chi connectivity index (χ1v) is 11.7. The van der Waals surface area contributed by atoms with Gasteiger partial charge in [-0.1, -0.05) is 51.3 Å². The van der Waals surface area contributed by atoms with Gasteiger partial charge in [-0.05, 0) is 54.1 Å². The predicted octanol–water partition coefficient (Wildman–Crippen LogP) is 5.83. The SMILES string of the molecule is O=C(NNc1cccc(OCc2ccc(Cl)c(Cl)c2)c1)[C@@H]1CC(=O)N(c2ccc(Br)cc2)C1. The van der Waals surface area contributed by atoms with Crippen molar-refractivity contribution in [2.45, 2.75) is 13.0 Å². The predicted molar refractivity (Wildman–Crippen MR) is 134 cm³/mol. The number of nitrogens with zero attached hydrogens (tertiary/aromatic N) is 1. The highest BCUT2D eigenvalue weighted by atomic mass is 79.9. The Morgan fingerprint density at radius 2 is 1.85 bits per heavy atom. The lowest BCUT2D eigenvalue weighted by Crippen LogP contribution is -2.36. The molecule has 170 valence electrons. The number of hydrogen-bond acceptors (Lipinski definition) is 4. The van der Waals surface area contributed by atoms with Crippen molar-refractivity contribution in [1.82, 2.24) is 5.43 Å². The Hall–Kier alpha value is -2.74. The zero-order valence-electron chi connectivity index (χ0n) is 17.4. The lowest BCUT2D eigenvalue weighted by atomic mass is 10.1. The number of amides is 2. The molecule has 0 bridgehead atoms. The summed E-state index contributed by atoms with van der Waals surface area (Å²) >= 11 is 15.4. The smallest absolute Gasteiger partial charge is 0.243 e. The fourth-order valence-electron chi connectivity index (χ4n) is 3.45. The molecule has 1 heterocycles. The number of ether oxygens (including phenoxy) is 1. The van der Waals surface area contributed by atoms with E-state index in [9.17, 15) is 9.59 Å². The monoisotopic (exact) mass is 547 g/mol. The molecule has 33 heavy (non-hydrogen) atoms. The van der Waals surface area contributed by atoms with E-state index in [1.54, 1.807) is 29.2 Å². The van der Waals surface area contributed by atoms with Crippen LogP contribution in [-0.4, -0.2) is 18.4 Å². The molecule has 4 rings (SSSR count). The number of anilines is 2. The van der Waals surface area contributed by atoms with E-state index in [1.807, 2.05) is 42.5 Å². The minimum Gasteiger partial charge on any atom is -0.489 e. The highest BCUT2D eigenvalue weighted by Crippen LogP contribution is 2.27. The van der Waals surface area contributed by atoms with Crippen molar-refractivity contribution in [1.29, 1.82) is 0 Å². The lowest BCUT2D eigenvalue weighted by molar-refractivity contribution is -0.125. The Kier molecular flexibility index (Phi) is 7.42. The number of hydrazine groups is 1. The van der Waals surface area contributed by atoms with Crippen molar-refractivity contribution in [3.8, 4) is 5.75 Å². The molecule has 0 unspecified atom stereocenters. The van der Waals surface area contributed by atoms with Crippen molar-refractivity contribution < 1.29 is 14.3 Å². The number of carbonyl (C=O) groups excluding carboxylic acids is 2. The van der Waals surface area contributed by atoms with Gasteiger partial charge in [-0.15, -0.1) is 0 Å². The summed E-state index contributed by atoms with van der Waals surface area (Å²) in [5.41, 5.74) is 7.91. The second kappa shape index (κ2) is 10.5. The Bertz CT molecular complexity index is 1170. The Morgan fingerprint density at radius 3 is 2.61 bits per heavy atom. The first kappa shape index (κ1) is 23.4. The summed E-state index contributed by atoms with van der Waals surface area (Å²) in [5.74, 6) is -0.138. The van der Waals surface area contributed by atoms with Crippen LogP contribution >= 0.6 is 39.1 Å². The molecule has 3 aromatic rings. The molecule has 0 spiro atoms. The maximum atomic E-state index is 12.6. The van der Waals surface area contributed by atoms with Crippen molar-refractivity contribution in [2.24, 2.45) is 5.92 Å². The van der Waals surface area contributed by atoms with E-state index in [1.165, 1.54) is 0 Å². The fourth-order valence-corrected chi connectivity index (χ4v) is 4.03. The number of benzene rings is 3. The van der Waals surface area contributed by atoms with Gasteiger partial charge in [0.1, 0.15) is 12.4 Å². The lowest BCUT2D eigenvalue weighted by Gasteiger charge is -2.17. The molecule has 1 atom stereocenters. The molecule has 2 amide bonds. The first-order chi connectivity index (χ1) is 15.9. The van der Waals surface area contributed by atoms with Gasteiger partial charge in [-0.25, -0.2) is 0 Å². The molecule has 0 radical (unpaired) electrons. The van der Waals surface area contributed by atoms with Crippen LogP contribution in [0.3, 0.4) is 0 Å². The molecule has 3 aromatic carbocycles. The largest absolute Gasteiger partial charge is 0.489 e. The van der Waals surface area contributed by atoms with Crippen LogP contribution in [0.2, 0.25) is 10.0 Å². The number of carbonyl (C=O) groups is 2. The summed E-state index contributed by atoms with van der Waals surface area (Å²) in [6.07, 6.45) is 0.163. The maximum absolute atomic E-state index is 12.6. The standard InChI is InChI=1S/C24H20BrCl2N3O3/c25-17-5-7-19(8-6-17)30-13-16(11-23(30)31)24(32)29-28-18-2-1-3-20(12-18)33-14-15-4-9-21(26)22(27)10-15/h1-10,12,16,28H,11,13-14H2,(H,29,32)/t16-/m1/s1. The van der Waals surface area contributed by atoms with E-state index in [0.29, 0.717) is 34.6 Å². The van der Waals surface area contributed by atoms with E-state index in [-0.39, 0.29) is 18.2 Å². The minimum atomic E-state index is -0.442. The molecule has 0 aromatic heterocycles. The highest BCUT2D eigenvalue weighted by Gasteiger charge is 2.35. The number of rotatable bonds is 7. The Balaban J connectivity index is 1.30. The van der Waals surface area contributed by atoms with Gasteiger partial charge in [0, 0.05) is 29.2 Å². The van der Waals surface area contributed by atoms with Gasteiger partial charge in [0.05, 0.1) is 21.7 Å². The molecule has 1 fully saturated rings. The van der Waals surface area contributed by atoms with Gasteiger partial charge < -0.3 is 9.64 Å². The Labute approximate surface area is 209 Å². The molecule has 0 saturated carbocycles. The van der Waals surface area contributed by atoms with E-state index >= 15 is 0 Å². The van der Waals surface area contributed by atoms with Crippen LogP contribution < -0.4 is 20.5 Å². The second-order valence-corrected chi connectivity index (χ2v) is 9.29. The zero-order valence-corrected chi connectivity index (χ0v) is 20.5. The number of halogens is 3.